The van der Waals surface area contributed by atoms with Gasteiger partial charge in [-0.3, -0.25) is 4.18 Å². The molecular weight excluding hydrogens is 322 g/mol. The van der Waals surface area contributed by atoms with Gasteiger partial charge in [-0.25, -0.2) is 9.93 Å². The van der Waals surface area contributed by atoms with E-state index in [1.807, 2.05) is 13.0 Å². The molecule has 128 valence electrons. The molecule has 0 amide bonds. The highest BCUT2D eigenvalue weighted by Crippen LogP contribution is 2.49. The van der Waals surface area contributed by atoms with E-state index in [2.05, 4.69) is 10.8 Å². The van der Waals surface area contributed by atoms with Crippen LogP contribution in [-0.4, -0.2) is 38.8 Å². The van der Waals surface area contributed by atoms with Gasteiger partial charge in [-0.15, -0.1) is 0 Å². The first-order valence-electron chi connectivity index (χ1n) is 7.62. The zero-order valence-electron chi connectivity index (χ0n) is 13.0. The number of esters is 1. The summed E-state index contributed by atoms with van der Waals surface area (Å²) in [4.78, 5) is 11.8. The van der Waals surface area contributed by atoms with Crippen LogP contribution in [0.2, 0.25) is 0 Å². The van der Waals surface area contributed by atoms with Crippen molar-refractivity contribution < 1.29 is 26.9 Å². The third kappa shape index (κ3) is 3.50. The van der Waals surface area contributed by atoms with Gasteiger partial charge in [-0.1, -0.05) is 12.7 Å². The predicted molar refractivity (Wildman–Crippen MR) is 81.4 cm³/mol. The summed E-state index contributed by atoms with van der Waals surface area (Å²) < 4.78 is 37.9. The van der Waals surface area contributed by atoms with Gasteiger partial charge in [-0.2, -0.15) is 8.42 Å². The fourth-order valence-electron chi connectivity index (χ4n) is 3.41. The Morgan fingerprint density at radius 1 is 1.52 bits per heavy atom. The summed E-state index contributed by atoms with van der Waals surface area (Å²) in [7, 11) is -3.97. The normalized spacial score (nSPS) is 37.5. The number of carbonyl (C=O) groups excluding carboxylic acids is 1. The van der Waals surface area contributed by atoms with Gasteiger partial charge in [0.25, 0.3) is 0 Å². The van der Waals surface area contributed by atoms with Crippen LogP contribution in [0.5, 0.6) is 0 Å². The second kappa shape index (κ2) is 5.70. The van der Waals surface area contributed by atoms with Crippen LogP contribution in [0.15, 0.2) is 23.8 Å². The van der Waals surface area contributed by atoms with Crippen molar-refractivity contribution in [2.45, 2.75) is 50.4 Å². The lowest BCUT2D eigenvalue weighted by Crippen LogP contribution is -2.29. The van der Waals surface area contributed by atoms with Gasteiger partial charge in [0.05, 0.1) is 12.2 Å². The Labute approximate surface area is 135 Å². The number of fused-ring (bicyclic) bond motifs is 3. The van der Waals surface area contributed by atoms with Gasteiger partial charge in [-0.05, 0) is 38.2 Å². The quantitative estimate of drug-likeness (QED) is 0.354. The van der Waals surface area contributed by atoms with Crippen LogP contribution in [0.1, 0.15) is 32.6 Å². The molecule has 2 fully saturated rings. The fourth-order valence-corrected chi connectivity index (χ4v) is 3.72. The van der Waals surface area contributed by atoms with Crippen LogP contribution in [0.25, 0.3) is 0 Å². The second-order valence-electron chi connectivity index (χ2n) is 6.55. The number of allylic oxidation sites excluding steroid dienone is 1. The number of ether oxygens (including phenoxy) is 2. The summed E-state index contributed by atoms with van der Waals surface area (Å²) >= 11 is 0. The van der Waals surface area contributed by atoms with Gasteiger partial charge in [0.2, 0.25) is 0 Å². The molecule has 0 radical (unpaired) electrons. The Balaban J connectivity index is 1.77. The molecule has 3 rings (SSSR count). The number of epoxide rings is 1. The van der Waals surface area contributed by atoms with E-state index in [1.54, 1.807) is 0 Å². The first-order valence-corrected chi connectivity index (χ1v) is 9.09. The van der Waals surface area contributed by atoms with Crippen molar-refractivity contribution in [3.63, 3.8) is 0 Å². The van der Waals surface area contributed by atoms with Crippen LogP contribution < -0.4 is 5.14 Å². The molecule has 8 heteroatoms. The minimum atomic E-state index is -3.97. The molecule has 3 aliphatic rings. The van der Waals surface area contributed by atoms with Gasteiger partial charge < -0.3 is 9.47 Å². The van der Waals surface area contributed by atoms with E-state index in [9.17, 15) is 13.2 Å². The molecule has 2 N–H and O–H groups in total. The summed E-state index contributed by atoms with van der Waals surface area (Å²) in [6.45, 7) is 5.76. The van der Waals surface area contributed by atoms with E-state index in [-0.39, 0.29) is 36.3 Å². The molecule has 23 heavy (non-hydrogen) atoms. The minimum absolute atomic E-state index is 0.0709. The first kappa shape index (κ1) is 16.6. The molecule has 2 heterocycles. The summed E-state index contributed by atoms with van der Waals surface area (Å²) in [5, 5.41) is 4.88. The molecule has 0 aromatic carbocycles. The van der Waals surface area contributed by atoms with Crippen molar-refractivity contribution in [2.75, 3.05) is 6.61 Å². The monoisotopic (exact) mass is 343 g/mol. The van der Waals surface area contributed by atoms with Crippen LogP contribution in [0, 0.1) is 5.92 Å². The van der Waals surface area contributed by atoms with Crippen molar-refractivity contribution >= 4 is 16.3 Å². The van der Waals surface area contributed by atoms with Crippen molar-refractivity contribution in [3.8, 4) is 0 Å². The maximum atomic E-state index is 11.8. The standard InChI is InChI=1S/C15H21NO6S/c1-9-11-6-5-10(8-20-23(16,18)19)4-3-7-15(2)13(22-15)12(11)21-14(9)17/h4,11-13H,1,3,5-8H2,2H3,(H2,16,18,19)/t11-,12-,13+,15+/m0/s1. The largest absolute Gasteiger partial charge is 0.455 e. The molecule has 0 aromatic heterocycles. The lowest BCUT2D eigenvalue weighted by atomic mass is 9.84. The predicted octanol–water partition coefficient (Wildman–Crippen LogP) is 0.962. The van der Waals surface area contributed by atoms with Crippen LogP contribution in [-0.2, 0) is 28.8 Å². The SMILES string of the molecule is C=C1C(=O)O[C@@H]2[C@H]3O[C@]3(C)CCC=C(COS(N)(=O)=O)CC[C@@H]12. The van der Waals surface area contributed by atoms with E-state index in [1.165, 1.54) is 0 Å². The zero-order chi connectivity index (χ0) is 16.8. The highest BCUT2D eigenvalue weighted by atomic mass is 32.2. The molecule has 2 saturated heterocycles. The van der Waals surface area contributed by atoms with E-state index in [0.717, 1.165) is 18.4 Å². The molecule has 0 saturated carbocycles. The Kier molecular flexibility index (Phi) is 4.12. The van der Waals surface area contributed by atoms with E-state index in [0.29, 0.717) is 18.4 Å². The average molecular weight is 343 g/mol. The number of hydrogen-bond donors (Lipinski definition) is 1. The van der Waals surface area contributed by atoms with Crippen molar-refractivity contribution in [1.82, 2.24) is 0 Å². The van der Waals surface area contributed by atoms with E-state index >= 15 is 0 Å². The minimum Gasteiger partial charge on any atom is -0.455 e. The van der Waals surface area contributed by atoms with E-state index < -0.39 is 10.3 Å². The lowest BCUT2D eigenvalue weighted by molar-refractivity contribution is -0.140. The van der Waals surface area contributed by atoms with Gasteiger partial charge in [0.1, 0.15) is 12.2 Å². The summed E-state index contributed by atoms with van der Waals surface area (Å²) in [6.07, 6.45) is 4.30. The number of hydrogen-bond acceptors (Lipinski definition) is 6. The maximum absolute atomic E-state index is 11.8. The Morgan fingerprint density at radius 2 is 2.26 bits per heavy atom. The highest BCUT2D eigenvalue weighted by Gasteiger charge is 2.61. The zero-order valence-corrected chi connectivity index (χ0v) is 13.8. The van der Waals surface area contributed by atoms with Gasteiger partial charge >= 0.3 is 16.3 Å². The molecule has 0 spiro atoms. The van der Waals surface area contributed by atoms with Crippen molar-refractivity contribution in [3.05, 3.63) is 23.8 Å². The number of rotatable bonds is 3. The first-order chi connectivity index (χ1) is 10.7. The summed E-state index contributed by atoms with van der Waals surface area (Å²) in [6, 6.07) is 0. The average Bonchev–Trinajstić information content (AvgIpc) is 3.04. The highest BCUT2D eigenvalue weighted by molar-refractivity contribution is 7.84. The Morgan fingerprint density at radius 3 is 2.96 bits per heavy atom. The van der Waals surface area contributed by atoms with E-state index in [4.69, 9.17) is 14.6 Å². The molecule has 4 atom stereocenters. The summed E-state index contributed by atoms with van der Waals surface area (Å²) in [5.41, 5.74) is 0.987. The van der Waals surface area contributed by atoms with Gasteiger partial charge in [0.15, 0.2) is 0 Å². The molecular formula is C15H21NO6S. The summed E-state index contributed by atoms with van der Waals surface area (Å²) in [5.74, 6) is -0.492. The second-order valence-corrected chi connectivity index (χ2v) is 7.77. The lowest BCUT2D eigenvalue weighted by Gasteiger charge is -2.19. The van der Waals surface area contributed by atoms with Crippen LogP contribution in [0.3, 0.4) is 0 Å². The smallest absolute Gasteiger partial charge is 0.334 e. The maximum Gasteiger partial charge on any atom is 0.334 e. The van der Waals surface area contributed by atoms with Gasteiger partial charge in [0, 0.05) is 11.5 Å². The van der Waals surface area contributed by atoms with Crippen LogP contribution >= 0.6 is 0 Å². The fraction of sp³-hybridized carbons (Fsp3) is 0.667. The molecule has 0 aromatic rings. The molecule has 1 aliphatic carbocycles. The number of carbonyl (C=O) groups is 1. The molecule has 2 aliphatic heterocycles. The van der Waals surface area contributed by atoms with Crippen molar-refractivity contribution in [1.29, 1.82) is 0 Å². The Hall–Kier alpha value is -1.22. The number of nitrogens with two attached hydrogens (primary N) is 1. The van der Waals surface area contributed by atoms with Crippen LogP contribution in [0.4, 0.5) is 0 Å². The molecule has 0 bridgehead atoms. The molecule has 0 unspecified atom stereocenters. The topological polar surface area (TPSA) is 108 Å². The molecule has 7 nitrogen and oxygen atoms in total. The van der Waals surface area contributed by atoms with Crippen molar-refractivity contribution in [2.24, 2.45) is 11.1 Å². The third-order valence-electron chi connectivity index (χ3n) is 4.85. The third-order valence-corrected chi connectivity index (χ3v) is 5.29. The Bertz CT molecular complexity index is 669.